The minimum atomic E-state index is -0.943. The summed E-state index contributed by atoms with van der Waals surface area (Å²) in [5, 5.41) is 9.02. The summed E-state index contributed by atoms with van der Waals surface area (Å²) in [5.41, 5.74) is 1.01. The number of carboxylic acid groups (broad SMARTS) is 1. The Morgan fingerprint density at radius 3 is 2.43 bits per heavy atom. The first-order valence-electron chi connectivity index (χ1n) is 4.58. The van der Waals surface area contributed by atoms with Gasteiger partial charge < -0.3 is 5.11 Å². The molecule has 0 radical (unpaired) electrons. The lowest BCUT2D eigenvalue weighted by molar-refractivity contribution is -0.139. The monoisotopic (exact) mass is 210 g/mol. The van der Waals surface area contributed by atoms with E-state index < -0.39 is 10.7 Å². The highest BCUT2D eigenvalue weighted by molar-refractivity contribution is 7.82. The van der Waals surface area contributed by atoms with Gasteiger partial charge in [0.1, 0.15) is 4.75 Å². The zero-order valence-corrected chi connectivity index (χ0v) is 9.00. The number of hydrogen-bond acceptors (Lipinski definition) is 2. The third-order valence-corrected chi connectivity index (χ3v) is 2.99. The van der Waals surface area contributed by atoms with Crippen molar-refractivity contribution in [3.8, 4) is 0 Å². The molecule has 0 saturated heterocycles. The predicted molar refractivity (Wildman–Crippen MR) is 59.8 cm³/mol. The molecule has 0 amide bonds. The fraction of sp³-hybridized carbons (Fsp3) is 0.364. The SMILES string of the molecule is CCC(S)(Cc1ccccc1)C(=O)O. The van der Waals surface area contributed by atoms with Gasteiger partial charge in [0.15, 0.2) is 0 Å². The van der Waals surface area contributed by atoms with E-state index in [0.717, 1.165) is 5.56 Å². The molecule has 0 bridgehead atoms. The Morgan fingerprint density at radius 1 is 1.43 bits per heavy atom. The van der Waals surface area contributed by atoms with Gasteiger partial charge in [0.05, 0.1) is 0 Å². The van der Waals surface area contributed by atoms with E-state index in [1.807, 2.05) is 37.3 Å². The summed E-state index contributed by atoms with van der Waals surface area (Å²) < 4.78 is -0.943. The Hall–Kier alpha value is -0.960. The van der Waals surface area contributed by atoms with E-state index in [1.54, 1.807) is 0 Å². The maximum atomic E-state index is 11.0. The maximum absolute atomic E-state index is 11.0. The van der Waals surface area contributed by atoms with Crippen LogP contribution in [0.15, 0.2) is 30.3 Å². The van der Waals surface area contributed by atoms with Crippen molar-refractivity contribution in [2.75, 3.05) is 0 Å². The molecule has 76 valence electrons. The van der Waals surface area contributed by atoms with Crippen LogP contribution < -0.4 is 0 Å². The van der Waals surface area contributed by atoms with Gasteiger partial charge in [-0.2, -0.15) is 12.6 Å². The summed E-state index contributed by atoms with van der Waals surface area (Å²) in [4.78, 5) is 11.0. The summed E-state index contributed by atoms with van der Waals surface area (Å²) in [6.07, 6.45) is 0.975. The van der Waals surface area contributed by atoms with E-state index in [2.05, 4.69) is 12.6 Å². The Kier molecular flexibility index (Phi) is 3.58. The van der Waals surface area contributed by atoms with Crippen LogP contribution in [0.25, 0.3) is 0 Å². The van der Waals surface area contributed by atoms with Gasteiger partial charge in [-0.15, -0.1) is 0 Å². The van der Waals surface area contributed by atoms with Crippen LogP contribution in [-0.4, -0.2) is 15.8 Å². The lowest BCUT2D eigenvalue weighted by atomic mass is 9.96. The van der Waals surface area contributed by atoms with E-state index in [0.29, 0.717) is 12.8 Å². The second-order valence-electron chi connectivity index (χ2n) is 3.35. The summed E-state index contributed by atoms with van der Waals surface area (Å²) >= 11 is 4.23. The van der Waals surface area contributed by atoms with Crippen molar-refractivity contribution < 1.29 is 9.90 Å². The van der Waals surface area contributed by atoms with Crippen molar-refractivity contribution in [1.29, 1.82) is 0 Å². The molecule has 3 heteroatoms. The van der Waals surface area contributed by atoms with Crippen LogP contribution in [0.1, 0.15) is 18.9 Å². The van der Waals surface area contributed by atoms with Gasteiger partial charge in [-0.05, 0) is 18.4 Å². The number of hydrogen-bond donors (Lipinski definition) is 2. The second-order valence-corrected chi connectivity index (χ2v) is 4.21. The van der Waals surface area contributed by atoms with Crippen LogP contribution in [0, 0.1) is 0 Å². The fourth-order valence-electron chi connectivity index (χ4n) is 1.29. The quantitative estimate of drug-likeness (QED) is 0.749. The number of thiol groups is 1. The summed E-state index contributed by atoms with van der Waals surface area (Å²) in [7, 11) is 0. The van der Waals surface area contributed by atoms with Gasteiger partial charge in [-0.25, -0.2) is 0 Å². The minimum absolute atomic E-state index is 0.461. The van der Waals surface area contributed by atoms with E-state index >= 15 is 0 Å². The average molecular weight is 210 g/mol. The standard InChI is InChI=1S/C11H14O2S/c1-2-11(14,10(12)13)8-9-6-4-3-5-7-9/h3-7,14H,2,8H2,1H3,(H,12,13). The topological polar surface area (TPSA) is 37.3 Å². The third-order valence-electron chi connectivity index (χ3n) is 2.32. The lowest BCUT2D eigenvalue weighted by Gasteiger charge is -2.21. The Labute approximate surface area is 89.4 Å². The van der Waals surface area contributed by atoms with Crippen LogP contribution in [0.3, 0.4) is 0 Å². The molecular weight excluding hydrogens is 196 g/mol. The average Bonchev–Trinajstić information content (AvgIpc) is 2.19. The molecule has 0 aliphatic rings. The van der Waals surface area contributed by atoms with E-state index in [4.69, 9.17) is 5.11 Å². The highest BCUT2D eigenvalue weighted by Gasteiger charge is 2.32. The van der Waals surface area contributed by atoms with Gasteiger partial charge in [0, 0.05) is 0 Å². The highest BCUT2D eigenvalue weighted by atomic mass is 32.1. The molecule has 0 saturated carbocycles. The number of carboxylic acids is 1. The Bertz CT molecular complexity index is 310. The van der Waals surface area contributed by atoms with Crippen LogP contribution in [0.4, 0.5) is 0 Å². The van der Waals surface area contributed by atoms with Crippen LogP contribution in [0.5, 0.6) is 0 Å². The van der Waals surface area contributed by atoms with Crippen molar-refractivity contribution in [2.24, 2.45) is 0 Å². The molecule has 2 nitrogen and oxygen atoms in total. The molecule has 1 unspecified atom stereocenters. The van der Waals surface area contributed by atoms with Crippen molar-refractivity contribution in [3.63, 3.8) is 0 Å². The van der Waals surface area contributed by atoms with Crippen molar-refractivity contribution >= 4 is 18.6 Å². The van der Waals surface area contributed by atoms with Gasteiger partial charge in [0.25, 0.3) is 0 Å². The summed E-state index contributed by atoms with van der Waals surface area (Å²) in [6, 6.07) is 9.56. The van der Waals surface area contributed by atoms with Crippen molar-refractivity contribution in [1.82, 2.24) is 0 Å². The number of aliphatic carboxylic acids is 1. The van der Waals surface area contributed by atoms with Crippen LogP contribution >= 0.6 is 12.6 Å². The second kappa shape index (κ2) is 4.51. The van der Waals surface area contributed by atoms with Crippen LogP contribution in [0.2, 0.25) is 0 Å². The van der Waals surface area contributed by atoms with Gasteiger partial charge in [-0.3, -0.25) is 4.79 Å². The molecule has 0 spiro atoms. The first-order chi connectivity index (χ1) is 6.58. The Morgan fingerprint density at radius 2 is 2.00 bits per heavy atom. The van der Waals surface area contributed by atoms with Gasteiger partial charge in [-0.1, -0.05) is 37.3 Å². The molecule has 14 heavy (non-hydrogen) atoms. The number of benzene rings is 1. The number of rotatable bonds is 4. The third kappa shape index (κ3) is 2.51. The number of carbonyl (C=O) groups is 1. The first kappa shape index (κ1) is 11.1. The normalized spacial score (nSPS) is 14.7. The molecule has 1 aromatic carbocycles. The summed E-state index contributed by atoms with van der Waals surface area (Å²) in [6.45, 7) is 1.84. The molecule has 1 N–H and O–H groups in total. The smallest absolute Gasteiger partial charge is 0.319 e. The molecule has 1 aromatic rings. The van der Waals surface area contributed by atoms with Crippen LogP contribution in [-0.2, 0) is 11.2 Å². The van der Waals surface area contributed by atoms with Gasteiger partial charge >= 0.3 is 5.97 Å². The Balaban J connectivity index is 2.81. The largest absolute Gasteiger partial charge is 0.480 e. The van der Waals surface area contributed by atoms with E-state index in [9.17, 15) is 4.79 Å². The predicted octanol–water partition coefficient (Wildman–Crippen LogP) is 2.39. The van der Waals surface area contributed by atoms with Crippen molar-refractivity contribution in [3.05, 3.63) is 35.9 Å². The van der Waals surface area contributed by atoms with E-state index in [-0.39, 0.29) is 0 Å². The highest BCUT2D eigenvalue weighted by Crippen LogP contribution is 2.24. The minimum Gasteiger partial charge on any atom is -0.480 e. The lowest BCUT2D eigenvalue weighted by Crippen LogP contribution is -2.34. The molecule has 0 fully saturated rings. The molecule has 0 aromatic heterocycles. The summed E-state index contributed by atoms with van der Waals surface area (Å²) in [5.74, 6) is -0.854. The molecule has 0 aliphatic heterocycles. The molecule has 1 atom stereocenters. The zero-order chi connectivity index (χ0) is 10.6. The molecular formula is C11H14O2S. The van der Waals surface area contributed by atoms with Crippen molar-refractivity contribution in [2.45, 2.75) is 24.5 Å². The molecule has 1 rings (SSSR count). The molecule has 0 aliphatic carbocycles. The fourth-order valence-corrected chi connectivity index (χ4v) is 1.47. The van der Waals surface area contributed by atoms with E-state index in [1.165, 1.54) is 0 Å². The van der Waals surface area contributed by atoms with Gasteiger partial charge in [0.2, 0.25) is 0 Å². The first-order valence-corrected chi connectivity index (χ1v) is 5.03. The zero-order valence-electron chi connectivity index (χ0n) is 8.10. The maximum Gasteiger partial charge on any atom is 0.319 e. The molecule has 0 heterocycles.